The van der Waals surface area contributed by atoms with E-state index < -0.39 is 10.8 Å². The van der Waals surface area contributed by atoms with Crippen LogP contribution in [0.15, 0.2) is 42.5 Å². The molecular formula is C15H15N3O3. The number of hydrogen-bond donors (Lipinski definition) is 2. The zero-order chi connectivity index (χ0) is 15.4. The largest absolute Gasteiger partial charge is 0.326 e. The molecule has 0 bridgehead atoms. The number of benzene rings is 2. The molecule has 2 rings (SSSR count). The van der Waals surface area contributed by atoms with Crippen molar-refractivity contribution in [3.63, 3.8) is 0 Å². The van der Waals surface area contributed by atoms with Crippen LogP contribution in [-0.4, -0.2) is 10.8 Å². The van der Waals surface area contributed by atoms with Crippen molar-refractivity contribution >= 4 is 17.3 Å². The minimum atomic E-state index is -0.516. The third kappa shape index (κ3) is 3.43. The molecule has 21 heavy (non-hydrogen) atoms. The topological polar surface area (TPSA) is 98.3 Å². The Bertz CT molecular complexity index is 698. The molecule has 2 aromatic carbocycles. The molecule has 2 aromatic rings. The van der Waals surface area contributed by atoms with Crippen LogP contribution < -0.4 is 11.1 Å². The number of para-hydroxylation sites is 1. The van der Waals surface area contributed by atoms with E-state index in [0.29, 0.717) is 17.8 Å². The third-order valence-electron chi connectivity index (χ3n) is 3.02. The van der Waals surface area contributed by atoms with Crippen LogP contribution in [-0.2, 0) is 6.54 Å². The number of nitrogens with two attached hydrogens (primary N) is 1. The lowest BCUT2D eigenvalue weighted by atomic mass is 10.1. The first-order valence-electron chi connectivity index (χ1n) is 6.36. The molecule has 0 aliphatic carbocycles. The number of carbonyl (C=O) groups excluding carboxylic acids is 1. The first-order chi connectivity index (χ1) is 10.0. The van der Waals surface area contributed by atoms with Gasteiger partial charge in [-0.1, -0.05) is 18.2 Å². The lowest BCUT2D eigenvalue weighted by Gasteiger charge is -2.10. The SMILES string of the molecule is Cc1cc(C(=O)Nc2ccccc2CN)cc([N+](=O)[O-])c1. The summed E-state index contributed by atoms with van der Waals surface area (Å²) in [5, 5.41) is 13.6. The molecule has 0 aliphatic rings. The second kappa shape index (κ2) is 6.15. The summed E-state index contributed by atoms with van der Waals surface area (Å²) in [6, 6.07) is 11.5. The van der Waals surface area contributed by atoms with Gasteiger partial charge in [-0.3, -0.25) is 14.9 Å². The quantitative estimate of drug-likeness (QED) is 0.666. The molecule has 0 unspecified atom stereocenters. The fourth-order valence-electron chi connectivity index (χ4n) is 2.01. The van der Waals surface area contributed by atoms with Crippen molar-refractivity contribution in [3.8, 4) is 0 Å². The Morgan fingerprint density at radius 3 is 2.67 bits per heavy atom. The van der Waals surface area contributed by atoms with Crippen molar-refractivity contribution in [1.82, 2.24) is 0 Å². The van der Waals surface area contributed by atoms with Gasteiger partial charge in [0.25, 0.3) is 11.6 Å². The highest BCUT2D eigenvalue weighted by molar-refractivity contribution is 6.05. The number of nitro benzene ring substituents is 1. The fourth-order valence-corrected chi connectivity index (χ4v) is 2.01. The molecule has 0 radical (unpaired) electrons. The third-order valence-corrected chi connectivity index (χ3v) is 3.02. The summed E-state index contributed by atoms with van der Waals surface area (Å²) in [6.07, 6.45) is 0. The molecule has 1 amide bonds. The number of carbonyl (C=O) groups is 1. The lowest BCUT2D eigenvalue weighted by Crippen LogP contribution is -2.14. The van der Waals surface area contributed by atoms with Gasteiger partial charge in [-0.05, 0) is 30.2 Å². The maximum atomic E-state index is 12.2. The van der Waals surface area contributed by atoms with Crippen LogP contribution in [0.2, 0.25) is 0 Å². The minimum Gasteiger partial charge on any atom is -0.326 e. The number of nitro groups is 1. The Morgan fingerprint density at radius 1 is 1.29 bits per heavy atom. The van der Waals surface area contributed by atoms with Gasteiger partial charge in [0, 0.05) is 29.9 Å². The van der Waals surface area contributed by atoms with E-state index in [4.69, 9.17) is 5.73 Å². The Morgan fingerprint density at radius 2 is 2.00 bits per heavy atom. The van der Waals surface area contributed by atoms with E-state index in [9.17, 15) is 14.9 Å². The van der Waals surface area contributed by atoms with E-state index in [1.54, 1.807) is 25.1 Å². The first kappa shape index (κ1) is 14.7. The summed E-state index contributed by atoms with van der Waals surface area (Å²) in [5.74, 6) is -0.400. The molecular weight excluding hydrogens is 270 g/mol. The van der Waals surface area contributed by atoms with Gasteiger partial charge in [-0.15, -0.1) is 0 Å². The molecule has 0 aliphatic heterocycles. The van der Waals surface area contributed by atoms with Crippen molar-refractivity contribution in [1.29, 1.82) is 0 Å². The monoisotopic (exact) mass is 285 g/mol. The van der Waals surface area contributed by atoms with Gasteiger partial charge in [-0.25, -0.2) is 0 Å². The van der Waals surface area contributed by atoms with Gasteiger partial charge in [-0.2, -0.15) is 0 Å². The van der Waals surface area contributed by atoms with Crippen LogP contribution in [0.25, 0.3) is 0 Å². The van der Waals surface area contributed by atoms with Crippen LogP contribution in [0.4, 0.5) is 11.4 Å². The zero-order valence-electron chi connectivity index (χ0n) is 11.5. The standard InChI is InChI=1S/C15H15N3O3/c1-10-6-12(8-13(7-10)18(20)21)15(19)17-14-5-3-2-4-11(14)9-16/h2-8H,9,16H2,1H3,(H,17,19). The molecule has 0 spiro atoms. The number of rotatable bonds is 4. The van der Waals surface area contributed by atoms with Crippen molar-refractivity contribution < 1.29 is 9.72 Å². The summed E-state index contributed by atoms with van der Waals surface area (Å²) in [6.45, 7) is 2.00. The first-order valence-corrected chi connectivity index (χ1v) is 6.36. The summed E-state index contributed by atoms with van der Waals surface area (Å²) < 4.78 is 0. The van der Waals surface area contributed by atoms with Crippen molar-refractivity contribution in [3.05, 3.63) is 69.3 Å². The lowest BCUT2D eigenvalue weighted by molar-refractivity contribution is -0.384. The molecule has 6 heteroatoms. The smallest absolute Gasteiger partial charge is 0.270 e. The minimum absolute atomic E-state index is 0.104. The molecule has 0 saturated carbocycles. The second-order valence-corrected chi connectivity index (χ2v) is 4.63. The fraction of sp³-hybridized carbons (Fsp3) is 0.133. The van der Waals surface area contributed by atoms with Crippen molar-refractivity contribution in [2.24, 2.45) is 5.73 Å². The van der Waals surface area contributed by atoms with E-state index in [-0.39, 0.29) is 11.3 Å². The van der Waals surface area contributed by atoms with Crippen molar-refractivity contribution in [2.45, 2.75) is 13.5 Å². The Labute approximate surface area is 121 Å². The van der Waals surface area contributed by atoms with Crippen LogP contribution in [0, 0.1) is 17.0 Å². The molecule has 0 aromatic heterocycles. The van der Waals surface area contributed by atoms with Gasteiger partial charge >= 0.3 is 0 Å². The Hall–Kier alpha value is -2.73. The maximum Gasteiger partial charge on any atom is 0.270 e. The van der Waals surface area contributed by atoms with E-state index in [1.165, 1.54) is 12.1 Å². The number of hydrogen-bond acceptors (Lipinski definition) is 4. The predicted molar refractivity (Wildman–Crippen MR) is 80.1 cm³/mol. The number of amides is 1. The van der Waals surface area contributed by atoms with Gasteiger partial charge in [0.2, 0.25) is 0 Å². The van der Waals surface area contributed by atoms with E-state index in [2.05, 4.69) is 5.32 Å². The molecule has 6 nitrogen and oxygen atoms in total. The van der Waals surface area contributed by atoms with Crippen LogP contribution >= 0.6 is 0 Å². The van der Waals surface area contributed by atoms with Gasteiger partial charge < -0.3 is 11.1 Å². The van der Waals surface area contributed by atoms with Gasteiger partial charge in [0.05, 0.1) is 4.92 Å². The molecule has 108 valence electrons. The number of nitrogens with zero attached hydrogens (tertiary/aromatic N) is 1. The maximum absolute atomic E-state index is 12.2. The van der Waals surface area contributed by atoms with E-state index in [1.807, 2.05) is 12.1 Å². The van der Waals surface area contributed by atoms with Crippen LogP contribution in [0.1, 0.15) is 21.5 Å². The van der Waals surface area contributed by atoms with Crippen molar-refractivity contribution in [2.75, 3.05) is 5.32 Å². The summed E-state index contributed by atoms with van der Waals surface area (Å²) in [5.41, 5.74) is 7.81. The molecule has 0 atom stereocenters. The Balaban J connectivity index is 2.30. The van der Waals surface area contributed by atoms with E-state index in [0.717, 1.165) is 5.56 Å². The average molecular weight is 285 g/mol. The Kier molecular flexibility index (Phi) is 4.30. The highest BCUT2D eigenvalue weighted by atomic mass is 16.6. The highest BCUT2D eigenvalue weighted by Crippen LogP contribution is 2.19. The highest BCUT2D eigenvalue weighted by Gasteiger charge is 2.14. The normalized spacial score (nSPS) is 10.2. The van der Waals surface area contributed by atoms with Crippen LogP contribution in [0.5, 0.6) is 0 Å². The predicted octanol–water partition coefficient (Wildman–Crippen LogP) is 2.61. The zero-order valence-corrected chi connectivity index (χ0v) is 11.5. The van der Waals surface area contributed by atoms with Gasteiger partial charge in [0.1, 0.15) is 0 Å². The van der Waals surface area contributed by atoms with Crippen LogP contribution in [0.3, 0.4) is 0 Å². The molecule has 3 N–H and O–H groups in total. The van der Waals surface area contributed by atoms with Gasteiger partial charge in [0.15, 0.2) is 0 Å². The number of aryl methyl sites for hydroxylation is 1. The summed E-state index contributed by atoms with van der Waals surface area (Å²) >= 11 is 0. The average Bonchev–Trinajstić information content (AvgIpc) is 2.47. The molecule has 0 saturated heterocycles. The molecule has 0 fully saturated rings. The summed E-state index contributed by atoms with van der Waals surface area (Å²) in [4.78, 5) is 22.6. The second-order valence-electron chi connectivity index (χ2n) is 4.63. The number of nitrogens with one attached hydrogen (secondary N) is 1. The van der Waals surface area contributed by atoms with E-state index >= 15 is 0 Å². The number of anilines is 1. The number of non-ortho nitro benzene ring substituents is 1. The summed E-state index contributed by atoms with van der Waals surface area (Å²) in [7, 11) is 0. The molecule has 0 heterocycles.